The van der Waals surface area contributed by atoms with E-state index in [0.717, 1.165) is 23.8 Å². The molecule has 0 aliphatic carbocycles. The minimum atomic E-state index is 0.662. The van der Waals surface area contributed by atoms with E-state index in [2.05, 4.69) is 25.2 Å². The van der Waals surface area contributed by atoms with Crippen LogP contribution in [0.3, 0.4) is 0 Å². The van der Waals surface area contributed by atoms with Crippen molar-refractivity contribution in [3.05, 3.63) is 30.0 Å². The number of nitrogens with one attached hydrogen (secondary N) is 1. The summed E-state index contributed by atoms with van der Waals surface area (Å²) < 4.78 is 2.01. The molecular weight excluding hydrogens is 240 g/mol. The summed E-state index contributed by atoms with van der Waals surface area (Å²) in [6.07, 6.45) is 5.59. The lowest BCUT2D eigenvalue weighted by Gasteiger charge is -2.20. The molecule has 0 unspecified atom stereocenters. The molecule has 2 heterocycles. The summed E-state index contributed by atoms with van der Waals surface area (Å²) in [6, 6.07) is 0. The second-order valence-corrected chi connectivity index (χ2v) is 4.54. The molecule has 0 radical (unpaired) electrons. The van der Waals surface area contributed by atoms with Crippen LogP contribution in [-0.2, 0) is 13.6 Å². The first-order valence-corrected chi connectivity index (χ1v) is 6.36. The first-order chi connectivity index (χ1) is 9.11. The van der Waals surface area contributed by atoms with Crippen molar-refractivity contribution in [1.29, 1.82) is 0 Å². The van der Waals surface area contributed by atoms with Gasteiger partial charge in [0, 0.05) is 44.8 Å². The van der Waals surface area contributed by atoms with Gasteiger partial charge in [0.2, 0.25) is 5.95 Å². The molecule has 19 heavy (non-hydrogen) atoms. The van der Waals surface area contributed by atoms with Gasteiger partial charge in [-0.15, -0.1) is 0 Å². The topological polar surface area (TPSA) is 58.9 Å². The standard InChI is InChI=1S/C13H20N6/c1-5-14-13-16-8-10(2)12(17-13)19(4)9-11-15-6-7-18(11)3/h6-8H,5,9H2,1-4H3,(H,14,16,17). The van der Waals surface area contributed by atoms with E-state index in [-0.39, 0.29) is 0 Å². The second-order valence-electron chi connectivity index (χ2n) is 4.54. The maximum absolute atomic E-state index is 4.54. The number of hydrogen-bond acceptors (Lipinski definition) is 5. The van der Waals surface area contributed by atoms with Gasteiger partial charge >= 0.3 is 0 Å². The number of hydrogen-bond donors (Lipinski definition) is 1. The van der Waals surface area contributed by atoms with Crippen molar-refractivity contribution in [3.63, 3.8) is 0 Å². The Morgan fingerprint density at radius 2 is 2.16 bits per heavy atom. The smallest absolute Gasteiger partial charge is 0.224 e. The predicted molar refractivity (Wildman–Crippen MR) is 76.2 cm³/mol. The normalized spacial score (nSPS) is 10.5. The van der Waals surface area contributed by atoms with Crippen molar-refractivity contribution in [3.8, 4) is 0 Å². The molecule has 102 valence electrons. The summed E-state index contributed by atoms with van der Waals surface area (Å²) in [5.41, 5.74) is 1.05. The van der Waals surface area contributed by atoms with Crippen LogP contribution >= 0.6 is 0 Å². The molecule has 0 atom stereocenters. The third kappa shape index (κ3) is 3.01. The highest BCUT2D eigenvalue weighted by Crippen LogP contribution is 2.18. The molecule has 0 bridgehead atoms. The van der Waals surface area contributed by atoms with Crippen molar-refractivity contribution in [1.82, 2.24) is 19.5 Å². The van der Waals surface area contributed by atoms with Gasteiger partial charge in [0.05, 0.1) is 6.54 Å². The monoisotopic (exact) mass is 260 g/mol. The molecule has 2 aromatic rings. The van der Waals surface area contributed by atoms with Crippen molar-refractivity contribution >= 4 is 11.8 Å². The summed E-state index contributed by atoms with van der Waals surface area (Å²) in [5, 5.41) is 3.13. The summed E-state index contributed by atoms with van der Waals surface area (Å²) in [4.78, 5) is 15.2. The number of aryl methyl sites for hydroxylation is 2. The average molecular weight is 260 g/mol. The fraction of sp³-hybridized carbons (Fsp3) is 0.462. The van der Waals surface area contributed by atoms with E-state index in [0.29, 0.717) is 12.5 Å². The fourth-order valence-corrected chi connectivity index (χ4v) is 1.90. The van der Waals surface area contributed by atoms with Gasteiger partial charge in [0.1, 0.15) is 11.6 Å². The number of rotatable bonds is 5. The van der Waals surface area contributed by atoms with Crippen molar-refractivity contribution < 1.29 is 0 Å². The molecule has 6 heteroatoms. The molecular formula is C13H20N6. The summed E-state index contributed by atoms with van der Waals surface area (Å²) >= 11 is 0. The number of aromatic nitrogens is 4. The molecule has 6 nitrogen and oxygen atoms in total. The molecule has 0 saturated carbocycles. The number of nitrogens with zero attached hydrogens (tertiary/aromatic N) is 5. The molecule has 2 rings (SSSR count). The maximum Gasteiger partial charge on any atom is 0.224 e. The zero-order chi connectivity index (χ0) is 13.8. The average Bonchev–Trinajstić information content (AvgIpc) is 2.77. The van der Waals surface area contributed by atoms with Crippen LogP contribution < -0.4 is 10.2 Å². The first-order valence-electron chi connectivity index (χ1n) is 6.36. The number of anilines is 2. The lowest BCUT2D eigenvalue weighted by atomic mass is 10.3. The second kappa shape index (κ2) is 5.69. The molecule has 2 aromatic heterocycles. The van der Waals surface area contributed by atoms with Gasteiger partial charge in [-0.2, -0.15) is 4.98 Å². The van der Waals surface area contributed by atoms with Gasteiger partial charge in [-0.1, -0.05) is 0 Å². The van der Waals surface area contributed by atoms with Crippen LogP contribution in [0.4, 0.5) is 11.8 Å². The zero-order valence-electron chi connectivity index (χ0n) is 11.9. The fourth-order valence-electron chi connectivity index (χ4n) is 1.90. The zero-order valence-corrected chi connectivity index (χ0v) is 11.9. The largest absolute Gasteiger partial charge is 0.354 e. The van der Waals surface area contributed by atoms with E-state index in [1.165, 1.54) is 0 Å². The maximum atomic E-state index is 4.54. The molecule has 0 saturated heterocycles. The van der Waals surface area contributed by atoms with E-state index in [1.54, 1.807) is 6.20 Å². The molecule has 0 aromatic carbocycles. The third-order valence-corrected chi connectivity index (χ3v) is 2.94. The van der Waals surface area contributed by atoms with Crippen LogP contribution in [0.25, 0.3) is 0 Å². The van der Waals surface area contributed by atoms with Crippen LogP contribution in [0.2, 0.25) is 0 Å². The highest BCUT2D eigenvalue weighted by Gasteiger charge is 2.11. The van der Waals surface area contributed by atoms with E-state index in [4.69, 9.17) is 0 Å². The van der Waals surface area contributed by atoms with E-state index in [1.807, 2.05) is 44.9 Å². The van der Waals surface area contributed by atoms with Crippen LogP contribution in [-0.4, -0.2) is 33.1 Å². The Labute approximate surface area is 113 Å². The molecule has 0 aliphatic rings. The van der Waals surface area contributed by atoms with Gasteiger partial charge < -0.3 is 14.8 Å². The van der Waals surface area contributed by atoms with Crippen molar-refractivity contribution in [2.75, 3.05) is 23.8 Å². The summed E-state index contributed by atoms with van der Waals surface area (Å²) in [6.45, 7) is 5.57. The predicted octanol–water partition coefficient (Wildman–Crippen LogP) is 1.59. The van der Waals surface area contributed by atoms with E-state index in [9.17, 15) is 0 Å². The third-order valence-electron chi connectivity index (χ3n) is 2.94. The Bertz CT molecular complexity index is 548. The lowest BCUT2D eigenvalue weighted by molar-refractivity contribution is 0.752. The van der Waals surface area contributed by atoms with E-state index < -0.39 is 0 Å². The van der Waals surface area contributed by atoms with Crippen LogP contribution in [0, 0.1) is 6.92 Å². The SMILES string of the molecule is CCNc1ncc(C)c(N(C)Cc2nccn2C)n1. The summed E-state index contributed by atoms with van der Waals surface area (Å²) in [7, 11) is 4.01. The Kier molecular flexibility index (Phi) is 3.99. The Morgan fingerprint density at radius 1 is 1.37 bits per heavy atom. The molecule has 0 aliphatic heterocycles. The first kappa shape index (κ1) is 13.3. The Balaban J connectivity index is 2.20. The van der Waals surface area contributed by atoms with Gasteiger partial charge in [0.15, 0.2) is 0 Å². The molecule has 0 amide bonds. The molecule has 0 fully saturated rings. The van der Waals surface area contributed by atoms with Gasteiger partial charge in [-0.3, -0.25) is 0 Å². The van der Waals surface area contributed by atoms with Gasteiger partial charge in [-0.05, 0) is 13.8 Å². The summed E-state index contributed by atoms with van der Waals surface area (Å²) in [5.74, 6) is 2.59. The lowest BCUT2D eigenvalue weighted by Crippen LogP contribution is -2.21. The van der Waals surface area contributed by atoms with Gasteiger partial charge in [-0.25, -0.2) is 9.97 Å². The minimum absolute atomic E-state index is 0.662. The molecule has 0 spiro atoms. The highest BCUT2D eigenvalue weighted by atomic mass is 15.2. The highest BCUT2D eigenvalue weighted by molar-refractivity contribution is 5.48. The van der Waals surface area contributed by atoms with Crippen molar-refractivity contribution in [2.45, 2.75) is 20.4 Å². The minimum Gasteiger partial charge on any atom is -0.354 e. The number of imidazole rings is 1. The van der Waals surface area contributed by atoms with Crippen molar-refractivity contribution in [2.24, 2.45) is 7.05 Å². The van der Waals surface area contributed by atoms with Gasteiger partial charge in [0.25, 0.3) is 0 Å². The van der Waals surface area contributed by atoms with Crippen LogP contribution in [0.1, 0.15) is 18.3 Å². The Morgan fingerprint density at radius 3 is 2.79 bits per heavy atom. The van der Waals surface area contributed by atoms with Crippen LogP contribution in [0.15, 0.2) is 18.6 Å². The van der Waals surface area contributed by atoms with E-state index >= 15 is 0 Å². The Hall–Kier alpha value is -2.11. The quantitative estimate of drug-likeness (QED) is 0.884. The molecule has 1 N–H and O–H groups in total. The van der Waals surface area contributed by atoms with Crippen LogP contribution in [0.5, 0.6) is 0 Å².